The molecule has 0 spiro atoms. The molecule has 13 heteroatoms. The number of allylic oxidation sites excluding steroid dienone is 1. The van der Waals surface area contributed by atoms with Crippen LogP contribution in [0.4, 0.5) is 0 Å². The number of fused-ring (bicyclic) bond motifs is 5. The van der Waals surface area contributed by atoms with Crippen molar-refractivity contribution in [2.24, 2.45) is 22.7 Å². The van der Waals surface area contributed by atoms with E-state index in [2.05, 4.69) is 19.9 Å². The number of aliphatic hydroxyl groups excluding tert-OH is 6. The molecule has 0 bridgehead atoms. The fourth-order valence-electron chi connectivity index (χ4n) is 10.7. The number of aliphatic hydroxyl groups is 7. The first-order chi connectivity index (χ1) is 23.2. The summed E-state index contributed by atoms with van der Waals surface area (Å²) in [7, 11) is 0. The molecule has 13 nitrogen and oxygen atoms in total. The van der Waals surface area contributed by atoms with Crippen molar-refractivity contribution in [2.75, 3.05) is 6.61 Å². The van der Waals surface area contributed by atoms with Crippen molar-refractivity contribution in [3.8, 4) is 0 Å². The van der Waals surface area contributed by atoms with Crippen LogP contribution in [0.5, 0.6) is 0 Å². The third-order valence-electron chi connectivity index (χ3n) is 13.6. The normalized spacial score (nSPS) is 51.3. The monoisotopic (exact) mass is 692 g/mol. The maximum absolute atomic E-state index is 12.5. The highest BCUT2D eigenvalue weighted by molar-refractivity contribution is 5.31. The zero-order chi connectivity index (χ0) is 35.0. The van der Waals surface area contributed by atoms with Gasteiger partial charge in [0.15, 0.2) is 12.6 Å². The van der Waals surface area contributed by atoms with Crippen molar-refractivity contribution >= 4 is 0 Å². The van der Waals surface area contributed by atoms with Gasteiger partial charge in [-0.05, 0) is 93.1 Å². The molecule has 3 saturated carbocycles. The Morgan fingerprint density at radius 1 is 0.837 bits per heavy atom. The van der Waals surface area contributed by atoms with Crippen molar-refractivity contribution in [3.63, 3.8) is 0 Å². The maximum Gasteiger partial charge on any atom is 0.335 e. The molecule has 0 amide bonds. The number of ether oxygens (including phenoxy) is 4. The van der Waals surface area contributed by atoms with Crippen molar-refractivity contribution in [1.29, 1.82) is 0 Å². The molecule has 17 atom stereocenters. The molecule has 7 N–H and O–H groups in total. The van der Waals surface area contributed by atoms with E-state index in [4.69, 9.17) is 23.4 Å². The molecule has 274 valence electrons. The topological polar surface area (TPSA) is 209 Å². The summed E-state index contributed by atoms with van der Waals surface area (Å²) in [6, 6.07) is 3.32. The number of hydrogen-bond donors (Lipinski definition) is 7. The van der Waals surface area contributed by atoms with E-state index < -0.39 is 73.6 Å². The molecular weight excluding hydrogens is 640 g/mol. The van der Waals surface area contributed by atoms with E-state index >= 15 is 0 Å². The molecule has 3 heterocycles. The average Bonchev–Trinajstić information content (AvgIpc) is 3.36. The molecule has 6 aliphatic rings. The SMILES string of the molecule is C[C@H]1OC(OC2C=C3CCC4C(CCC5(C)C(c6ccc(=O)oc6)CCC45O)C3(C)CC2)[C@@H](O)C(OC2OC(CO)C(O)C(O)C2O)C1O. The van der Waals surface area contributed by atoms with Crippen LogP contribution in [0.2, 0.25) is 0 Å². The summed E-state index contributed by atoms with van der Waals surface area (Å²) >= 11 is 0. The van der Waals surface area contributed by atoms with Crippen LogP contribution in [0.15, 0.2) is 39.3 Å². The molecule has 49 heavy (non-hydrogen) atoms. The molecule has 7 rings (SSSR count). The predicted molar refractivity (Wildman–Crippen MR) is 171 cm³/mol. The summed E-state index contributed by atoms with van der Waals surface area (Å²) in [6.07, 6.45) is -3.95. The van der Waals surface area contributed by atoms with Gasteiger partial charge in [-0.2, -0.15) is 0 Å². The molecule has 1 aromatic rings. The third kappa shape index (κ3) is 5.68. The summed E-state index contributed by atoms with van der Waals surface area (Å²) in [5.41, 5.74) is 0.613. The lowest BCUT2D eigenvalue weighted by atomic mass is 9.45. The molecule has 4 aliphatic carbocycles. The van der Waals surface area contributed by atoms with Crippen molar-refractivity contribution in [2.45, 2.75) is 151 Å². The Bertz CT molecular complexity index is 1430. The van der Waals surface area contributed by atoms with Crippen LogP contribution in [0.25, 0.3) is 0 Å². The Morgan fingerprint density at radius 2 is 1.59 bits per heavy atom. The molecular formula is C36H52O13. The Morgan fingerprint density at radius 3 is 2.31 bits per heavy atom. The van der Waals surface area contributed by atoms with E-state index in [0.717, 1.165) is 44.1 Å². The van der Waals surface area contributed by atoms with Crippen LogP contribution >= 0.6 is 0 Å². The van der Waals surface area contributed by atoms with E-state index in [1.807, 2.05) is 6.07 Å². The van der Waals surface area contributed by atoms with E-state index in [9.17, 15) is 40.5 Å². The number of hydrogen-bond acceptors (Lipinski definition) is 13. The lowest BCUT2D eigenvalue weighted by Crippen LogP contribution is -2.64. The van der Waals surface area contributed by atoms with Gasteiger partial charge >= 0.3 is 5.63 Å². The molecule has 0 aromatic carbocycles. The second kappa shape index (κ2) is 13.0. The Balaban J connectivity index is 1.05. The minimum atomic E-state index is -1.70. The molecule has 0 radical (unpaired) electrons. The third-order valence-corrected chi connectivity index (χ3v) is 13.6. The summed E-state index contributed by atoms with van der Waals surface area (Å²) < 4.78 is 28.7. The van der Waals surface area contributed by atoms with E-state index in [1.54, 1.807) is 13.2 Å². The largest absolute Gasteiger partial charge is 0.431 e. The molecule has 2 saturated heterocycles. The van der Waals surface area contributed by atoms with E-state index in [-0.39, 0.29) is 34.4 Å². The van der Waals surface area contributed by atoms with Gasteiger partial charge in [0.1, 0.15) is 42.7 Å². The first-order valence-electron chi connectivity index (χ1n) is 17.9. The van der Waals surface area contributed by atoms with Crippen molar-refractivity contribution in [1.82, 2.24) is 0 Å². The standard InChI is InChI=1S/C36H52O13/c1-17-26(39)31(49-32-29(42)28(41)27(40)24(15-37)48-32)30(43)33(46-17)47-20-8-11-34(2)19(14-20)5-6-23-22(34)9-12-35(3)21(10-13-36(23,35)44)18-4-7-25(38)45-16-18/h4,7,14,16-17,20-24,26-33,37,39-44H,5-6,8-13,15H2,1-3H3/t17-,20?,21?,22?,23?,24?,26?,27?,28?,29?,30+,31?,32?,33?,34?,35?,36?/m1/s1. The lowest BCUT2D eigenvalue weighted by molar-refractivity contribution is -0.359. The van der Waals surface area contributed by atoms with Crippen LogP contribution in [0.1, 0.15) is 83.6 Å². The second-order valence-corrected chi connectivity index (χ2v) is 15.9. The fourth-order valence-corrected chi connectivity index (χ4v) is 10.7. The zero-order valence-corrected chi connectivity index (χ0v) is 28.3. The Kier molecular flexibility index (Phi) is 9.48. The molecule has 2 aliphatic heterocycles. The summed E-state index contributed by atoms with van der Waals surface area (Å²) in [4.78, 5) is 11.6. The second-order valence-electron chi connectivity index (χ2n) is 15.9. The van der Waals surface area contributed by atoms with Gasteiger partial charge in [0, 0.05) is 11.5 Å². The molecule has 15 unspecified atom stereocenters. The van der Waals surface area contributed by atoms with Crippen LogP contribution in [-0.4, -0.2) is 115 Å². The van der Waals surface area contributed by atoms with Gasteiger partial charge < -0.3 is 59.1 Å². The summed E-state index contributed by atoms with van der Waals surface area (Å²) in [6.45, 7) is 5.49. The average molecular weight is 693 g/mol. The van der Waals surface area contributed by atoms with Crippen LogP contribution in [0.3, 0.4) is 0 Å². The van der Waals surface area contributed by atoms with E-state index in [1.165, 1.54) is 11.6 Å². The number of rotatable bonds is 6. The van der Waals surface area contributed by atoms with Gasteiger partial charge in [0.25, 0.3) is 0 Å². The highest BCUT2D eigenvalue weighted by atomic mass is 16.7. The minimum Gasteiger partial charge on any atom is -0.431 e. The van der Waals surface area contributed by atoms with Gasteiger partial charge in [-0.15, -0.1) is 0 Å². The van der Waals surface area contributed by atoms with Crippen molar-refractivity contribution < 1.29 is 59.1 Å². The van der Waals surface area contributed by atoms with Gasteiger partial charge in [0.05, 0.1) is 30.7 Å². The highest BCUT2D eigenvalue weighted by Crippen LogP contribution is 2.70. The van der Waals surface area contributed by atoms with Crippen LogP contribution in [0, 0.1) is 22.7 Å². The minimum absolute atomic E-state index is 0.119. The Labute approximate surface area is 285 Å². The molecule has 5 fully saturated rings. The van der Waals surface area contributed by atoms with Gasteiger partial charge in [-0.25, -0.2) is 4.79 Å². The van der Waals surface area contributed by atoms with Crippen molar-refractivity contribution in [3.05, 3.63) is 46.0 Å². The molecule has 1 aromatic heterocycles. The smallest absolute Gasteiger partial charge is 0.335 e. The van der Waals surface area contributed by atoms with Crippen LogP contribution in [-0.2, 0) is 18.9 Å². The van der Waals surface area contributed by atoms with Gasteiger partial charge in [-0.1, -0.05) is 25.5 Å². The highest BCUT2D eigenvalue weighted by Gasteiger charge is 2.67. The summed E-state index contributed by atoms with van der Waals surface area (Å²) in [5.74, 6) is 0.549. The predicted octanol–water partition coefficient (Wildman–Crippen LogP) is 0.838. The van der Waals surface area contributed by atoms with Gasteiger partial charge in [-0.3, -0.25) is 0 Å². The van der Waals surface area contributed by atoms with E-state index in [0.29, 0.717) is 18.8 Å². The first kappa shape index (κ1) is 35.6. The van der Waals surface area contributed by atoms with Gasteiger partial charge in [0.2, 0.25) is 0 Å². The quantitative estimate of drug-likeness (QED) is 0.207. The Hall–Kier alpha value is -1.75. The fraction of sp³-hybridized carbons (Fsp3) is 0.806. The van der Waals surface area contributed by atoms with Crippen LogP contribution < -0.4 is 5.63 Å². The summed E-state index contributed by atoms with van der Waals surface area (Å²) in [5, 5.41) is 75.1. The first-order valence-corrected chi connectivity index (χ1v) is 17.9. The maximum atomic E-state index is 12.5. The zero-order valence-electron chi connectivity index (χ0n) is 28.3. The lowest BCUT2D eigenvalue weighted by Gasteiger charge is -2.62.